The fourth-order valence-electron chi connectivity index (χ4n) is 2.51. The SMILES string of the molecule is CCCC[C@H](Cc1ccc(Br)cc1Cl)Nc1ccc(C)cc1. The van der Waals surface area contributed by atoms with Crippen LogP contribution in [0.2, 0.25) is 5.02 Å². The minimum absolute atomic E-state index is 0.404. The standard InChI is InChI=1S/C19H23BrClN/c1-3-4-5-18(22-17-10-6-14(2)7-11-17)12-15-8-9-16(20)13-19(15)21/h6-11,13,18,22H,3-5,12H2,1-2H3/t18-/m1/s1. The first-order chi connectivity index (χ1) is 10.6. The molecule has 3 heteroatoms. The van der Waals surface area contributed by atoms with Crippen molar-refractivity contribution < 1.29 is 0 Å². The lowest BCUT2D eigenvalue weighted by Crippen LogP contribution is -2.22. The summed E-state index contributed by atoms with van der Waals surface area (Å²) in [5, 5.41) is 4.50. The Kier molecular flexibility index (Phi) is 6.78. The van der Waals surface area contributed by atoms with E-state index in [9.17, 15) is 0 Å². The molecule has 0 aromatic heterocycles. The first kappa shape index (κ1) is 17.4. The van der Waals surface area contributed by atoms with Crippen molar-refractivity contribution in [2.75, 3.05) is 5.32 Å². The molecular weight excluding hydrogens is 358 g/mol. The van der Waals surface area contributed by atoms with Gasteiger partial charge in [-0.05, 0) is 49.6 Å². The van der Waals surface area contributed by atoms with E-state index >= 15 is 0 Å². The van der Waals surface area contributed by atoms with Gasteiger partial charge in [-0.15, -0.1) is 0 Å². The van der Waals surface area contributed by atoms with Crippen LogP contribution in [0, 0.1) is 6.92 Å². The third kappa shape index (κ3) is 5.33. The fourth-order valence-corrected chi connectivity index (χ4v) is 3.26. The van der Waals surface area contributed by atoms with Crippen molar-refractivity contribution in [3.05, 3.63) is 63.1 Å². The molecule has 0 aliphatic rings. The van der Waals surface area contributed by atoms with Crippen molar-refractivity contribution in [1.82, 2.24) is 0 Å². The van der Waals surface area contributed by atoms with Gasteiger partial charge in [0.05, 0.1) is 0 Å². The molecule has 0 saturated carbocycles. The Bertz CT molecular complexity index is 595. The van der Waals surface area contributed by atoms with Gasteiger partial charge in [0.1, 0.15) is 0 Å². The predicted octanol–water partition coefficient (Wildman–Crippen LogP) is 6.62. The maximum Gasteiger partial charge on any atom is 0.0449 e. The van der Waals surface area contributed by atoms with Gasteiger partial charge >= 0.3 is 0 Å². The first-order valence-electron chi connectivity index (χ1n) is 7.85. The van der Waals surface area contributed by atoms with Gasteiger partial charge in [0.15, 0.2) is 0 Å². The highest BCUT2D eigenvalue weighted by atomic mass is 79.9. The summed E-state index contributed by atoms with van der Waals surface area (Å²) in [6.07, 6.45) is 4.52. The Balaban J connectivity index is 2.09. The Labute approximate surface area is 147 Å². The molecule has 0 aliphatic heterocycles. The van der Waals surface area contributed by atoms with Crippen LogP contribution >= 0.6 is 27.5 Å². The van der Waals surface area contributed by atoms with E-state index in [1.807, 2.05) is 6.07 Å². The summed E-state index contributed by atoms with van der Waals surface area (Å²) in [6, 6.07) is 15.1. The summed E-state index contributed by atoms with van der Waals surface area (Å²) in [5.74, 6) is 0. The monoisotopic (exact) mass is 379 g/mol. The average Bonchev–Trinajstić information content (AvgIpc) is 2.49. The third-order valence-electron chi connectivity index (χ3n) is 3.81. The molecule has 2 aromatic rings. The van der Waals surface area contributed by atoms with E-state index in [2.05, 4.69) is 71.5 Å². The molecule has 0 fully saturated rings. The Morgan fingerprint density at radius 1 is 1.14 bits per heavy atom. The van der Waals surface area contributed by atoms with E-state index < -0.39 is 0 Å². The lowest BCUT2D eigenvalue weighted by molar-refractivity contribution is 0.605. The minimum atomic E-state index is 0.404. The summed E-state index contributed by atoms with van der Waals surface area (Å²) in [7, 11) is 0. The van der Waals surface area contributed by atoms with E-state index in [1.54, 1.807) is 0 Å². The van der Waals surface area contributed by atoms with Crippen molar-refractivity contribution in [2.45, 2.75) is 45.6 Å². The van der Waals surface area contributed by atoms with Gasteiger partial charge in [-0.2, -0.15) is 0 Å². The molecule has 118 valence electrons. The van der Waals surface area contributed by atoms with Crippen LogP contribution in [0.1, 0.15) is 37.3 Å². The largest absolute Gasteiger partial charge is 0.382 e. The molecule has 0 aliphatic carbocycles. The fraction of sp³-hybridized carbons (Fsp3) is 0.368. The van der Waals surface area contributed by atoms with Crippen LogP contribution in [0.5, 0.6) is 0 Å². The molecule has 0 spiro atoms. The van der Waals surface area contributed by atoms with Crippen molar-refractivity contribution in [2.24, 2.45) is 0 Å². The average molecular weight is 381 g/mol. The predicted molar refractivity (Wildman–Crippen MR) is 101 cm³/mol. The van der Waals surface area contributed by atoms with Gasteiger partial charge in [0.25, 0.3) is 0 Å². The van der Waals surface area contributed by atoms with Gasteiger partial charge in [0, 0.05) is 21.2 Å². The van der Waals surface area contributed by atoms with Crippen LogP contribution in [0.25, 0.3) is 0 Å². The lowest BCUT2D eigenvalue weighted by Gasteiger charge is -2.21. The van der Waals surface area contributed by atoms with Crippen molar-refractivity contribution in [3.63, 3.8) is 0 Å². The van der Waals surface area contributed by atoms with E-state index in [-0.39, 0.29) is 0 Å². The number of nitrogens with one attached hydrogen (secondary N) is 1. The summed E-state index contributed by atoms with van der Waals surface area (Å²) in [4.78, 5) is 0. The van der Waals surface area contributed by atoms with Crippen LogP contribution in [0.15, 0.2) is 46.9 Å². The van der Waals surface area contributed by atoms with E-state index in [4.69, 9.17) is 11.6 Å². The topological polar surface area (TPSA) is 12.0 Å². The molecule has 22 heavy (non-hydrogen) atoms. The van der Waals surface area contributed by atoms with Crippen LogP contribution in [-0.4, -0.2) is 6.04 Å². The van der Waals surface area contributed by atoms with E-state index in [0.29, 0.717) is 6.04 Å². The van der Waals surface area contributed by atoms with Gasteiger partial charge in [-0.3, -0.25) is 0 Å². The van der Waals surface area contributed by atoms with Crippen molar-refractivity contribution >= 4 is 33.2 Å². The number of hydrogen-bond donors (Lipinski definition) is 1. The van der Waals surface area contributed by atoms with Crippen molar-refractivity contribution in [1.29, 1.82) is 0 Å². The number of rotatable bonds is 7. The van der Waals surface area contributed by atoms with Crippen LogP contribution in [0.3, 0.4) is 0 Å². The molecule has 0 bridgehead atoms. The second-order valence-corrected chi connectivity index (χ2v) is 7.11. The maximum atomic E-state index is 6.37. The molecule has 1 nitrogen and oxygen atoms in total. The maximum absolute atomic E-state index is 6.37. The van der Waals surface area contributed by atoms with E-state index in [1.165, 1.54) is 29.7 Å². The highest BCUT2D eigenvalue weighted by molar-refractivity contribution is 9.10. The molecule has 2 rings (SSSR count). The number of benzene rings is 2. The van der Waals surface area contributed by atoms with Gasteiger partial charge in [0.2, 0.25) is 0 Å². The first-order valence-corrected chi connectivity index (χ1v) is 9.02. The third-order valence-corrected chi connectivity index (χ3v) is 4.66. The van der Waals surface area contributed by atoms with E-state index in [0.717, 1.165) is 22.3 Å². The number of hydrogen-bond acceptors (Lipinski definition) is 1. The molecule has 0 amide bonds. The molecule has 1 atom stereocenters. The Morgan fingerprint density at radius 2 is 1.86 bits per heavy atom. The van der Waals surface area contributed by atoms with Crippen LogP contribution in [0.4, 0.5) is 5.69 Å². The van der Waals surface area contributed by atoms with Crippen LogP contribution < -0.4 is 5.32 Å². The number of unbranched alkanes of at least 4 members (excludes halogenated alkanes) is 1. The zero-order valence-corrected chi connectivity index (χ0v) is 15.5. The number of anilines is 1. The molecular formula is C19H23BrClN. The molecule has 0 unspecified atom stereocenters. The number of halogens is 2. The molecule has 0 saturated heterocycles. The lowest BCUT2D eigenvalue weighted by atomic mass is 10.0. The summed E-state index contributed by atoms with van der Waals surface area (Å²) in [6.45, 7) is 4.34. The molecule has 1 N–H and O–H groups in total. The minimum Gasteiger partial charge on any atom is -0.382 e. The quantitative estimate of drug-likeness (QED) is 0.568. The molecule has 0 radical (unpaired) electrons. The summed E-state index contributed by atoms with van der Waals surface area (Å²) < 4.78 is 1.03. The van der Waals surface area contributed by atoms with Gasteiger partial charge in [-0.1, -0.05) is 71.1 Å². The van der Waals surface area contributed by atoms with Gasteiger partial charge in [-0.25, -0.2) is 0 Å². The summed E-state index contributed by atoms with van der Waals surface area (Å²) >= 11 is 9.84. The Hall–Kier alpha value is -0.990. The van der Waals surface area contributed by atoms with Crippen molar-refractivity contribution in [3.8, 4) is 0 Å². The Morgan fingerprint density at radius 3 is 2.50 bits per heavy atom. The smallest absolute Gasteiger partial charge is 0.0449 e. The van der Waals surface area contributed by atoms with Gasteiger partial charge < -0.3 is 5.32 Å². The molecule has 2 aromatic carbocycles. The highest BCUT2D eigenvalue weighted by Crippen LogP contribution is 2.24. The van der Waals surface area contributed by atoms with Crippen LogP contribution in [-0.2, 0) is 6.42 Å². The summed E-state index contributed by atoms with van der Waals surface area (Å²) in [5.41, 5.74) is 3.66. The number of aryl methyl sites for hydroxylation is 1. The zero-order chi connectivity index (χ0) is 15.9. The second kappa shape index (κ2) is 8.59. The second-order valence-electron chi connectivity index (χ2n) is 5.79. The highest BCUT2D eigenvalue weighted by Gasteiger charge is 2.12. The normalized spacial score (nSPS) is 12.2. The molecule has 0 heterocycles. The zero-order valence-electron chi connectivity index (χ0n) is 13.2.